The standard InChI is InChI=1S/C16H15ClN6OS/c1-9-13-19-20-14(15-18-10(2)21-25-15)23(13)7-6-22(9)16(24)11-4-3-5-12(17)8-11/h3-5,8-9H,6-7H2,1-2H3. The van der Waals surface area contributed by atoms with E-state index >= 15 is 0 Å². The number of aromatic nitrogens is 5. The molecule has 7 nitrogen and oxygen atoms in total. The molecule has 1 atom stereocenters. The van der Waals surface area contributed by atoms with Gasteiger partial charge in [-0.2, -0.15) is 4.37 Å². The first-order chi connectivity index (χ1) is 12.0. The maximum absolute atomic E-state index is 12.8. The molecule has 2 aromatic heterocycles. The van der Waals surface area contributed by atoms with Crippen LogP contribution >= 0.6 is 23.1 Å². The molecule has 0 N–H and O–H groups in total. The van der Waals surface area contributed by atoms with Crippen LogP contribution in [0.4, 0.5) is 0 Å². The van der Waals surface area contributed by atoms with Crippen LogP contribution in [0.1, 0.15) is 35.0 Å². The summed E-state index contributed by atoms with van der Waals surface area (Å²) in [5.74, 6) is 2.13. The number of halogens is 1. The fourth-order valence-electron chi connectivity index (χ4n) is 3.00. The molecule has 0 bridgehead atoms. The first kappa shape index (κ1) is 16.2. The Kier molecular flexibility index (Phi) is 4.01. The summed E-state index contributed by atoms with van der Waals surface area (Å²) in [4.78, 5) is 19.0. The third kappa shape index (κ3) is 2.81. The van der Waals surface area contributed by atoms with Crippen molar-refractivity contribution in [2.24, 2.45) is 0 Å². The van der Waals surface area contributed by atoms with Crippen molar-refractivity contribution in [3.05, 3.63) is 46.5 Å². The molecule has 0 aliphatic carbocycles. The van der Waals surface area contributed by atoms with Crippen LogP contribution in [0.15, 0.2) is 24.3 Å². The lowest BCUT2D eigenvalue weighted by molar-refractivity contribution is 0.0638. The van der Waals surface area contributed by atoms with E-state index < -0.39 is 0 Å². The first-order valence-electron chi connectivity index (χ1n) is 7.85. The van der Waals surface area contributed by atoms with Crippen molar-refractivity contribution in [1.29, 1.82) is 0 Å². The number of amides is 1. The van der Waals surface area contributed by atoms with E-state index in [1.807, 2.05) is 18.4 Å². The molecular weight excluding hydrogens is 360 g/mol. The van der Waals surface area contributed by atoms with Crippen LogP contribution in [-0.2, 0) is 6.54 Å². The number of aryl methyl sites for hydroxylation is 1. The highest BCUT2D eigenvalue weighted by atomic mass is 35.5. The maximum Gasteiger partial charge on any atom is 0.254 e. The SMILES string of the molecule is Cc1nsc(-c2nnc3n2CCN(C(=O)c2cccc(Cl)c2)C3C)n1. The molecule has 1 aliphatic rings. The average Bonchev–Trinajstić information content (AvgIpc) is 3.21. The Balaban J connectivity index is 1.65. The molecule has 1 unspecified atom stereocenters. The minimum Gasteiger partial charge on any atom is -0.327 e. The molecule has 25 heavy (non-hydrogen) atoms. The third-order valence-corrected chi connectivity index (χ3v) is 5.27. The number of carbonyl (C=O) groups is 1. The number of carbonyl (C=O) groups excluding carboxylic acids is 1. The highest BCUT2D eigenvalue weighted by molar-refractivity contribution is 7.09. The zero-order valence-electron chi connectivity index (χ0n) is 13.7. The number of hydrogen-bond donors (Lipinski definition) is 0. The van der Waals surface area contributed by atoms with Gasteiger partial charge in [0.05, 0.1) is 6.04 Å². The van der Waals surface area contributed by atoms with Crippen molar-refractivity contribution in [2.75, 3.05) is 6.54 Å². The van der Waals surface area contributed by atoms with Crippen LogP contribution in [0, 0.1) is 6.92 Å². The highest BCUT2D eigenvalue weighted by Gasteiger charge is 2.32. The highest BCUT2D eigenvalue weighted by Crippen LogP contribution is 2.30. The van der Waals surface area contributed by atoms with Crippen molar-refractivity contribution < 1.29 is 4.79 Å². The van der Waals surface area contributed by atoms with Gasteiger partial charge in [0, 0.05) is 23.7 Å². The van der Waals surface area contributed by atoms with E-state index in [9.17, 15) is 4.79 Å². The van der Waals surface area contributed by atoms with Crippen LogP contribution in [0.2, 0.25) is 5.02 Å². The molecule has 9 heteroatoms. The van der Waals surface area contributed by atoms with E-state index in [1.165, 1.54) is 11.5 Å². The molecule has 0 radical (unpaired) electrons. The summed E-state index contributed by atoms with van der Waals surface area (Å²) in [6.07, 6.45) is 0. The molecular formula is C16H15ClN6OS. The largest absolute Gasteiger partial charge is 0.327 e. The van der Waals surface area contributed by atoms with Gasteiger partial charge in [0.1, 0.15) is 5.82 Å². The fourth-order valence-corrected chi connectivity index (χ4v) is 3.85. The lowest BCUT2D eigenvalue weighted by Gasteiger charge is -2.33. The van der Waals surface area contributed by atoms with Gasteiger partial charge in [-0.25, -0.2) is 4.98 Å². The smallest absolute Gasteiger partial charge is 0.254 e. The molecule has 0 fully saturated rings. The van der Waals surface area contributed by atoms with Gasteiger partial charge in [0.15, 0.2) is 16.7 Å². The second-order valence-corrected chi connectivity index (χ2v) is 7.05. The van der Waals surface area contributed by atoms with Crippen LogP contribution in [-0.4, -0.2) is 41.5 Å². The molecule has 128 valence electrons. The van der Waals surface area contributed by atoms with Gasteiger partial charge in [-0.3, -0.25) is 4.79 Å². The second-order valence-electron chi connectivity index (χ2n) is 5.87. The van der Waals surface area contributed by atoms with Crippen molar-refractivity contribution in [3.63, 3.8) is 0 Å². The molecule has 3 heterocycles. The fraction of sp³-hybridized carbons (Fsp3) is 0.312. The summed E-state index contributed by atoms with van der Waals surface area (Å²) in [6, 6.07) is 6.81. The summed E-state index contributed by atoms with van der Waals surface area (Å²) in [7, 11) is 0. The molecule has 0 saturated heterocycles. The second kappa shape index (κ2) is 6.20. The average molecular weight is 375 g/mol. The number of fused-ring (bicyclic) bond motifs is 1. The molecule has 0 saturated carbocycles. The van der Waals surface area contributed by atoms with E-state index in [-0.39, 0.29) is 11.9 Å². The van der Waals surface area contributed by atoms with Crippen LogP contribution < -0.4 is 0 Å². The number of rotatable bonds is 2. The monoisotopic (exact) mass is 374 g/mol. The van der Waals surface area contributed by atoms with E-state index in [0.717, 1.165) is 16.7 Å². The maximum atomic E-state index is 12.8. The Bertz CT molecular complexity index is 952. The van der Waals surface area contributed by atoms with Crippen molar-refractivity contribution in [3.8, 4) is 10.8 Å². The van der Waals surface area contributed by atoms with Gasteiger partial charge < -0.3 is 9.47 Å². The number of benzene rings is 1. The topological polar surface area (TPSA) is 76.8 Å². The normalized spacial score (nSPS) is 16.8. The predicted molar refractivity (Wildman–Crippen MR) is 94.6 cm³/mol. The van der Waals surface area contributed by atoms with Gasteiger partial charge in [-0.05, 0) is 43.6 Å². The van der Waals surface area contributed by atoms with Gasteiger partial charge in [0.2, 0.25) is 0 Å². The minimum absolute atomic E-state index is 0.0578. The van der Waals surface area contributed by atoms with Gasteiger partial charge in [-0.15, -0.1) is 10.2 Å². The molecule has 0 spiro atoms. The van der Waals surface area contributed by atoms with Gasteiger partial charge in [-0.1, -0.05) is 17.7 Å². The van der Waals surface area contributed by atoms with Gasteiger partial charge in [0.25, 0.3) is 5.91 Å². The summed E-state index contributed by atoms with van der Waals surface area (Å²) < 4.78 is 6.22. The minimum atomic E-state index is -0.185. The molecule has 1 aromatic carbocycles. The van der Waals surface area contributed by atoms with Crippen LogP contribution in [0.25, 0.3) is 10.8 Å². The quantitative estimate of drug-likeness (QED) is 0.689. The molecule has 1 aliphatic heterocycles. The first-order valence-corrected chi connectivity index (χ1v) is 9.00. The van der Waals surface area contributed by atoms with E-state index in [4.69, 9.17) is 11.6 Å². The Morgan fingerprint density at radius 1 is 1.32 bits per heavy atom. The number of nitrogens with zero attached hydrogens (tertiary/aromatic N) is 6. The Labute approximate surface area is 153 Å². The predicted octanol–water partition coefficient (Wildman–Crippen LogP) is 2.98. The lowest BCUT2D eigenvalue weighted by Crippen LogP contribution is -2.41. The Hall–Kier alpha value is -2.32. The molecule has 4 rings (SSSR count). The summed E-state index contributed by atoms with van der Waals surface area (Å²) in [5, 5.41) is 9.87. The van der Waals surface area contributed by atoms with Gasteiger partial charge >= 0.3 is 0 Å². The zero-order valence-corrected chi connectivity index (χ0v) is 15.3. The van der Waals surface area contributed by atoms with E-state index in [0.29, 0.717) is 29.5 Å². The van der Waals surface area contributed by atoms with Crippen LogP contribution in [0.3, 0.4) is 0 Å². The Morgan fingerprint density at radius 2 is 2.16 bits per heavy atom. The number of hydrogen-bond acceptors (Lipinski definition) is 6. The third-order valence-electron chi connectivity index (χ3n) is 4.24. The van der Waals surface area contributed by atoms with E-state index in [1.54, 1.807) is 29.2 Å². The molecule has 3 aromatic rings. The van der Waals surface area contributed by atoms with E-state index in [2.05, 4.69) is 19.6 Å². The lowest BCUT2D eigenvalue weighted by atomic mass is 10.1. The summed E-state index contributed by atoms with van der Waals surface area (Å²) in [6.45, 7) is 4.99. The van der Waals surface area contributed by atoms with Crippen LogP contribution in [0.5, 0.6) is 0 Å². The van der Waals surface area contributed by atoms with Crippen molar-refractivity contribution in [2.45, 2.75) is 26.4 Å². The summed E-state index contributed by atoms with van der Waals surface area (Å²) >= 11 is 7.32. The zero-order chi connectivity index (χ0) is 17.6. The van der Waals surface area contributed by atoms with Crippen molar-refractivity contribution >= 4 is 29.0 Å². The van der Waals surface area contributed by atoms with Crippen molar-refractivity contribution in [1.82, 2.24) is 29.0 Å². The Morgan fingerprint density at radius 3 is 2.88 bits per heavy atom. The summed E-state index contributed by atoms with van der Waals surface area (Å²) in [5.41, 5.74) is 0.576. The molecule has 1 amide bonds.